The molecule has 0 saturated carbocycles. The van der Waals surface area contributed by atoms with Crippen molar-refractivity contribution in [2.75, 3.05) is 19.6 Å². The Hall–Kier alpha value is -1.27. The van der Waals surface area contributed by atoms with Crippen LogP contribution in [0.5, 0.6) is 0 Å². The van der Waals surface area contributed by atoms with E-state index in [9.17, 15) is 5.11 Å². The zero-order chi connectivity index (χ0) is 26.5. The number of nitrogens with zero attached hydrogens (tertiary/aromatic N) is 2. The summed E-state index contributed by atoms with van der Waals surface area (Å²) in [6.45, 7) is 16.7. The summed E-state index contributed by atoms with van der Waals surface area (Å²) in [5.74, 6) is 0.511. The van der Waals surface area contributed by atoms with Crippen LogP contribution in [0.15, 0.2) is 79.7 Å². The van der Waals surface area contributed by atoms with E-state index < -0.39 is 6.10 Å². The molecule has 3 unspecified atom stereocenters. The Balaban J connectivity index is 1.71. The first kappa shape index (κ1) is 29.3. The minimum absolute atomic E-state index is 0.0275. The van der Waals surface area contributed by atoms with E-state index >= 15 is 0 Å². The normalized spacial score (nSPS) is 23.4. The molecule has 1 aromatic carbocycles. The lowest BCUT2D eigenvalue weighted by Gasteiger charge is -2.38. The highest BCUT2D eigenvalue weighted by atomic mass is 79.9. The monoisotopic (exact) mass is 616 g/mol. The molecule has 3 atom stereocenters. The molecule has 0 heterocycles. The van der Waals surface area contributed by atoms with Crippen molar-refractivity contribution in [3.8, 4) is 0 Å². The molecule has 0 spiro atoms. The van der Waals surface area contributed by atoms with Crippen LogP contribution < -0.4 is 0 Å². The fourth-order valence-electron chi connectivity index (χ4n) is 4.79. The van der Waals surface area contributed by atoms with Crippen LogP contribution in [0.1, 0.15) is 53.5 Å². The molecule has 5 heteroatoms. The minimum Gasteiger partial charge on any atom is -0.388 e. The van der Waals surface area contributed by atoms with Crippen LogP contribution >= 0.6 is 31.9 Å². The lowest BCUT2D eigenvalue weighted by Crippen LogP contribution is -2.36. The second kappa shape index (κ2) is 12.5. The van der Waals surface area contributed by atoms with Gasteiger partial charge < -0.3 is 5.11 Å². The van der Waals surface area contributed by atoms with Crippen molar-refractivity contribution in [3.05, 3.63) is 80.3 Å². The number of hydrogen-bond donors (Lipinski definition) is 1. The summed E-state index contributed by atoms with van der Waals surface area (Å²) in [5, 5.41) is 11.2. The molecule has 0 bridgehead atoms. The van der Waals surface area contributed by atoms with Crippen LogP contribution in [0.2, 0.25) is 0 Å². The first-order valence-electron chi connectivity index (χ1n) is 12.9. The topological polar surface area (TPSA) is 35.8 Å². The molecule has 0 aliphatic heterocycles. The Labute approximate surface area is 235 Å². The van der Waals surface area contributed by atoms with E-state index in [-0.39, 0.29) is 16.7 Å². The number of allylic oxidation sites excluding steroid dienone is 5. The number of aliphatic hydroxyl groups excluding tert-OH is 1. The van der Waals surface area contributed by atoms with Gasteiger partial charge in [-0.25, -0.2) is 0 Å². The average molecular weight is 618 g/mol. The van der Waals surface area contributed by atoms with Crippen molar-refractivity contribution in [3.63, 3.8) is 0 Å². The quantitative estimate of drug-likeness (QED) is 0.299. The van der Waals surface area contributed by atoms with Gasteiger partial charge in [0.25, 0.3) is 0 Å². The SMILES string of the molecule is CC(C)(C)C1=CC(C(C)(C)C)C(O)C(/C=N/CCN(Cc2ccccc2)CC2C=C(Br)C=C(Br)C2)=C1. The molecule has 36 heavy (non-hydrogen) atoms. The molecule has 2 aliphatic carbocycles. The molecule has 0 amide bonds. The van der Waals surface area contributed by atoms with Crippen molar-refractivity contribution in [1.82, 2.24) is 4.90 Å². The maximum absolute atomic E-state index is 11.2. The molecule has 1 N–H and O–H groups in total. The Kier molecular flexibility index (Phi) is 10.2. The number of halogens is 2. The van der Waals surface area contributed by atoms with E-state index in [1.54, 1.807) is 0 Å². The Morgan fingerprint density at radius 3 is 2.33 bits per heavy atom. The van der Waals surface area contributed by atoms with E-state index in [0.717, 1.165) is 36.1 Å². The van der Waals surface area contributed by atoms with Gasteiger partial charge in [0.2, 0.25) is 0 Å². The molecule has 0 aromatic heterocycles. The molecule has 0 saturated heterocycles. The number of aliphatic imine (C=N–C) groups is 1. The van der Waals surface area contributed by atoms with Crippen molar-refractivity contribution in [2.45, 2.75) is 60.6 Å². The average Bonchev–Trinajstić information content (AvgIpc) is 2.76. The first-order valence-corrected chi connectivity index (χ1v) is 14.5. The van der Waals surface area contributed by atoms with Crippen LogP contribution in [0, 0.1) is 22.7 Å². The molecular formula is C31H42Br2N2O. The molecular weight excluding hydrogens is 576 g/mol. The Morgan fingerprint density at radius 1 is 1.03 bits per heavy atom. The van der Waals surface area contributed by atoms with Crippen LogP contribution in [-0.4, -0.2) is 42.0 Å². The Bertz CT molecular complexity index is 1040. The maximum atomic E-state index is 11.2. The van der Waals surface area contributed by atoms with Gasteiger partial charge in [0.1, 0.15) is 0 Å². The van der Waals surface area contributed by atoms with Gasteiger partial charge in [-0.3, -0.25) is 9.89 Å². The van der Waals surface area contributed by atoms with Crippen LogP contribution in [0.25, 0.3) is 0 Å². The van der Waals surface area contributed by atoms with Gasteiger partial charge >= 0.3 is 0 Å². The van der Waals surface area contributed by atoms with E-state index in [0.29, 0.717) is 12.5 Å². The van der Waals surface area contributed by atoms with Gasteiger partial charge in [0.15, 0.2) is 0 Å². The maximum Gasteiger partial charge on any atom is 0.0872 e. The highest BCUT2D eigenvalue weighted by molar-refractivity contribution is 9.12. The number of aliphatic hydroxyl groups is 1. The number of benzene rings is 1. The summed E-state index contributed by atoms with van der Waals surface area (Å²) in [4.78, 5) is 7.31. The molecule has 1 aromatic rings. The highest BCUT2D eigenvalue weighted by Gasteiger charge is 2.35. The van der Waals surface area contributed by atoms with E-state index in [4.69, 9.17) is 4.99 Å². The van der Waals surface area contributed by atoms with Crippen LogP contribution in [0.4, 0.5) is 0 Å². The third kappa shape index (κ3) is 8.65. The Morgan fingerprint density at radius 2 is 1.72 bits per heavy atom. The standard InChI is InChI=1S/C31H42Br2N2O/c1-30(2,3)25-16-24(29(36)28(17-25)31(4,5)6)19-34-12-13-35(20-22-10-8-7-9-11-22)21-23-14-26(32)18-27(33)15-23/h7-11,14,16-19,23,28-29,36H,12-13,15,20-21H2,1-6H3/b34-19+. The molecule has 196 valence electrons. The smallest absolute Gasteiger partial charge is 0.0872 e. The third-order valence-electron chi connectivity index (χ3n) is 6.90. The summed E-state index contributed by atoms with van der Waals surface area (Å²) < 4.78 is 2.37. The zero-order valence-electron chi connectivity index (χ0n) is 22.6. The summed E-state index contributed by atoms with van der Waals surface area (Å²) in [6, 6.07) is 10.6. The third-order valence-corrected chi connectivity index (χ3v) is 7.95. The molecule has 3 nitrogen and oxygen atoms in total. The molecule has 0 fully saturated rings. The molecule has 2 aliphatic rings. The van der Waals surface area contributed by atoms with Gasteiger partial charge in [-0.1, -0.05) is 122 Å². The van der Waals surface area contributed by atoms with E-state index in [2.05, 4.69) is 133 Å². The second-order valence-electron chi connectivity index (χ2n) is 12.2. The van der Waals surface area contributed by atoms with Gasteiger partial charge in [0.05, 0.1) is 12.6 Å². The largest absolute Gasteiger partial charge is 0.388 e. The minimum atomic E-state index is -0.533. The lowest BCUT2D eigenvalue weighted by atomic mass is 9.69. The van der Waals surface area contributed by atoms with Crippen LogP contribution in [0.3, 0.4) is 0 Å². The zero-order valence-corrected chi connectivity index (χ0v) is 25.8. The summed E-state index contributed by atoms with van der Waals surface area (Å²) in [6.07, 6.45) is 11.3. The molecule has 0 radical (unpaired) electrons. The van der Waals surface area contributed by atoms with E-state index in [1.807, 2.05) is 6.21 Å². The fraction of sp³-hybridized carbons (Fsp3) is 0.516. The van der Waals surface area contributed by atoms with Gasteiger partial charge in [-0.2, -0.15) is 0 Å². The fourth-order valence-corrected chi connectivity index (χ4v) is 6.41. The van der Waals surface area contributed by atoms with Crippen molar-refractivity contribution < 1.29 is 5.11 Å². The van der Waals surface area contributed by atoms with E-state index in [1.165, 1.54) is 15.6 Å². The summed E-state index contributed by atoms with van der Waals surface area (Å²) in [5.41, 5.74) is 3.51. The summed E-state index contributed by atoms with van der Waals surface area (Å²) in [7, 11) is 0. The molecule has 3 rings (SSSR count). The predicted octanol–water partition coefficient (Wildman–Crippen LogP) is 8.07. The lowest BCUT2D eigenvalue weighted by molar-refractivity contribution is 0.100. The van der Waals surface area contributed by atoms with Gasteiger partial charge in [-0.15, -0.1) is 0 Å². The first-order chi connectivity index (χ1) is 16.8. The van der Waals surface area contributed by atoms with Crippen LogP contribution in [-0.2, 0) is 6.54 Å². The van der Waals surface area contributed by atoms with Gasteiger partial charge in [-0.05, 0) is 50.4 Å². The van der Waals surface area contributed by atoms with Crippen molar-refractivity contribution in [2.24, 2.45) is 27.7 Å². The number of rotatable bonds is 8. The second-order valence-corrected chi connectivity index (χ2v) is 14.2. The highest BCUT2D eigenvalue weighted by Crippen LogP contribution is 2.40. The van der Waals surface area contributed by atoms with Crippen molar-refractivity contribution >= 4 is 38.1 Å². The summed E-state index contributed by atoms with van der Waals surface area (Å²) >= 11 is 7.35. The predicted molar refractivity (Wildman–Crippen MR) is 162 cm³/mol. The number of hydrogen-bond acceptors (Lipinski definition) is 3. The van der Waals surface area contributed by atoms with Crippen molar-refractivity contribution in [1.29, 1.82) is 0 Å². The van der Waals surface area contributed by atoms with Gasteiger partial charge in [0, 0.05) is 36.2 Å².